The number of hydrogen-bond donors (Lipinski definition) is 0. The summed E-state index contributed by atoms with van der Waals surface area (Å²) in [5.41, 5.74) is 24.8. The predicted octanol–water partition coefficient (Wildman–Crippen LogP) is 19.1. The second-order valence-electron chi connectivity index (χ2n) is 19.4. The number of pyridine rings is 2. The summed E-state index contributed by atoms with van der Waals surface area (Å²) in [5, 5.41) is 0. The van der Waals surface area contributed by atoms with E-state index in [1.54, 1.807) is 0 Å². The maximum Gasteiger partial charge on any atom is 0.227 e. The topological polar surface area (TPSA) is 77.8 Å². The van der Waals surface area contributed by atoms with Crippen LogP contribution >= 0.6 is 0 Å². The Morgan fingerprint density at radius 3 is 0.859 bits per heavy atom. The molecule has 0 aliphatic rings. The highest BCUT2D eigenvalue weighted by atomic mass is 16.4. The molecule has 6 nitrogen and oxygen atoms in total. The van der Waals surface area contributed by atoms with Crippen molar-refractivity contribution in [2.45, 2.75) is 0 Å². The molecule has 0 aliphatic carbocycles. The Kier molecular flexibility index (Phi) is 11.8. The molecule has 0 aliphatic heterocycles. The van der Waals surface area contributed by atoms with Gasteiger partial charge in [-0.2, -0.15) is 0 Å². The summed E-state index contributed by atoms with van der Waals surface area (Å²) in [4.78, 5) is 19.2. The van der Waals surface area contributed by atoms with Crippen LogP contribution in [0.5, 0.6) is 0 Å². The Hall–Kier alpha value is -10.6. The molecule has 0 radical (unpaired) electrons. The Bertz CT molecular complexity index is 4330. The molecule has 4 aromatic heterocycles. The Labute approximate surface area is 451 Å². The second kappa shape index (κ2) is 19.9. The first-order chi connectivity index (χ1) is 38.6. The maximum absolute atomic E-state index is 5.99. The van der Waals surface area contributed by atoms with E-state index in [1.807, 2.05) is 72.9 Å². The number of nitrogens with zero attached hydrogens (tertiary/aromatic N) is 4. The van der Waals surface area contributed by atoms with Crippen molar-refractivity contribution in [1.29, 1.82) is 0 Å². The van der Waals surface area contributed by atoms with Gasteiger partial charge < -0.3 is 8.83 Å². The number of para-hydroxylation sites is 4. The average Bonchev–Trinajstić information content (AvgIpc) is 4.18. The molecule has 0 atom stereocenters. The molecule has 0 spiro atoms. The van der Waals surface area contributed by atoms with Crippen LogP contribution in [0.3, 0.4) is 0 Å². The molecule has 6 heteroatoms. The lowest BCUT2D eigenvalue weighted by Crippen LogP contribution is -1.94. The highest BCUT2D eigenvalue weighted by Gasteiger charge is 2.15. The van der Waals surface area contributed by atoms with Crippen molar-refractivity contribution in [2.75, 3.05) is 0 Å². The van der Waals surface area contributed by atoms with E-state index < -0.39 is 0 Å². The third kappa shape index (κ3) is 9.14. The molecule has 0 fully saturated rings. The van der Waals surface area contributed by atoms with Gasteiger partial charge in [-0.3, -0.25) is 4.98 Å². The third-order valence-corrected chi connectivity index (χ3v) is 14.6. The fourth-order valence-electron chi connectivity index (χ4n) is 10.3. The van der Waals surface area contributed by atoms with Crippen molar-refractivity contribution in [3.8, 4) is 123 Å². The van der Waals surface area contributed by atoms with Crippen LogP contribution < -0.4 is 0 Å². The molecule has 14 aromatic rings. The fraction of sp³-hybridized carbons (Fsp3) is 0. The zero-order chi connectivity index (χ0) is 51.8. The molecule has 78 heavy (non-hydrogen) atoms. The van der Waals surface area contributed by atoms with Crippen LogP contribution in [0, 0.1) is 0 Å². The molecule has 366 valence electrons. The smallest absolute Gasteiger partial charge is 0.227 e. The molecular weight excluding hydrogens is 953 g/mol. The second-order valence-corrected chi connectivity index (χ2v) is 19.4. The minimum atomic E-state index is 0.630. The van der Waals surface area contributed by atoms with Crippen LogP contribution in [0.15, 0.2) is 288 Å². The molecule has 0 saturated carbocycles. The molecule has 0 bridgehead atoms. The van der Waals surface area contributed by atoms with Gasteiger partial charge in [0.1, 0.15) is 11.0 Å². The first-order valence-electron chi connectivity index (χ1n) is 26.1. The summed E-state index contributed by atoms with van der Waals surface area (Å²) < 4.78 is 12.0. The standard InChI is InChI=1S/C72H46N4O2/c1-3-10-68-66(8-1)75-71(77-68)61-40-32-57(33-41-61)53-24-16-49(17-25-53)47-12-20-51(21-13-47)55-28-36-59(37-29-55)63-44-45-65(64-7-5-6-46-73-64)74-70(63)60-38-30-56(31-39-60)52-22-14-48(15-23-52)50-18-26-54(27-19-50)58-34-42-62(43-35-58)72-76-67-9-2-4-11-69(67)78-72/h1-46H. The molecule has 10 aromatic carbocycles. The van der Waals surface area contributed by atoms with E-state index in [4.69, 9.17) is 13.8 Å². The summed E-state index contributed by atoms with van der Waals surface area (Å²) in [5.74, 6) is 1.26. The van der Waals surface area contributed by atoms with E-state index in [0.29, 0.717) is 11.8 Å². The number of rotatable bonds is 11. The van der Waals surface area contributed by atoms with Gasteiger partial charge in [0.2, 0.25) is 11.8 Å². The van der Waals surface area contributed by atoms with Gasteiger partial charge in [-0.25, -0.2) is 15.0 Å². The molecule has 0 saturated heterocycles. The van der Waals surface area contributed by atoms with Gasteiger partial charge in [0.25, 0.3) is 0 Å². The number of benzene rings is 10. The summed E-state index contributed by atoms with van der Waals surface area (Å²) in [6, 6.07) is 95.3. The largest absolute Gasteiger partial charge is 0.436 e. The van der Waals surface area contributed by atoms with Gasteiger partial charge in [-0.1, -0.05) is 200 Å². The number of oxazole rings is 2. The summed E-state index contributed by atoms with van der Waals surface area (Å²) in [6.07, 6.45) is 1.81. The van der Waals surface area contributed by atoms with Crippen LogP contribution in [0.4, 0.5) is 0 Å². The molecule has 0 unspecified atom stereocenters. The van der Waals surface area contributed by atoms with Gasteiger partial charge in [0.05, 0.1) is 17.1 Å². The van der Waals surface area contributed by atoms with E-state index in [9.17, 15) is 0 Å². The van der Waals surface area contributed by atoms with Crippen LogP contribution in [0.25, 0.3) is 146 Å². The summed E-state index contributed by atoms with van der Waals surface area (Å²) >= 11 is 0. The van der Waals surface area contributed by atoms with Crippen LogP contribution in [0.2, 0.25) is 0 Å². The lowest BCUT2D eigenvalue weighted by Gasteiger charge is -2.13. The third-order valence-electron chi connectivity index (χ3n) is 14.6. The molecule has 14 rings (SSSR count). The van der Waals surface area contributed by atoms with Gasteiger partial charge in [-0.05, 0) is 145 Å². The SMILES string of the molecule is c1ccc(-c2ccc(-c3ccc(-c4ccc(-c5ccc(-c6ccc(-c7nc8ccccc8o7)cc6)cc5)cc4)cc3)c(-c3ccc(-c4ccc(-c5ccc(-c6ccc(-c7nc8ccccc8o7)cc6)cc5)cc4)cc3)n2)nc1. The number of fused-ring (bicyclic) bond motifs is 2. The van der Waals surface area contributed by atoms with Crippen LogP contribution in [-0.2, 0) is 0 Å². The Morgan fingerprint density at radius 1 is 0.218 bits per heavy atom. The van der Waals surface area contributed by atoms with Crippen molar-refractivity contribution >= 4 is 22.2 Å². The zero-order valence-corrected chi connectivity index (χ0v) is 42.2. The van der Waals surface area contributed by atoms with E-state index in [1.165, 1.54) is 11.1 Å². The summed E-state index contributed by atoms with van der Waals surface area (Å²) in [6.45, 7) is 0. The average molecular weight is 999 g/mol. The van der Waals surface area contributed by atoms with Gasteiger partial charge >= 0.3 is 0 Å². The quantitative estimate of drug-likeness (QED) is 0.128. The van der Waals surface area contributed by atoms with Gasteiger partial charge in [-0.15, -0.1) is 0 Å². The highest BCUT2D eigenvalue weighted by molar-refractivity contribution is 5.86. The number of hydrogen-bond acceptors (Lipinski definition) is 6. The van der Waals surface area contributed by atoms with Gasteiger partial charge in [0, 0.05) is 28.5 Å². The van der Waals surface area contributed by atoms with Gasteiger partial charge in [0.15, 0.2) is 11.2 Å². The number of aromatic nitrogens is 4. The van der Waals surface area contributed by atoms with Crippen molar-refractivity contribution in [3.63, 3.8) is 0 Å². The zero-order valence-electron chi connectivity index (χ0n) is 42.2. The minimum Gasteiger partial charge on any atom is -0.436 e. The molecule has 0 N–H and O–H groups in total. The van der Waals surface area contributed by atoms with Crippen LogP contribution in [-0.4, -0.2) is 19.9 Å². The van der Waals surface area contributed by atoms with Crippen molar-refractivity contribution in [3.05, 3.63) is 279 Å². The fourth-order valence-corrected chi connectivity index (χ4v) is 10.3. The highest BCUT2D eigenvalue weighted by Crippen LogP contribution is 2.37. The van der Waals surface area contributed by atoms with Crippen LogP contribution in [0.1, 0.15) is 0 Å². The lowest BCUT2D eigenvalue weighted by atomic mass is 9.94. The maximum atomic E-state index is 5.99. The lowest BCUT2D eigenvalue weighted by molar-refractivity contribution is 0.619. The summed E-state index contributed by atoms with van der Waals surface area (Å²) in [7, 11) is 0. The monoisotopic (exact) mass is 998 g/mol. The normalized spacial score (nSPS) is 11.3. The first-order valence-corrected chi connectivity index (χ1v) is 26.1. The van der Waals surface area contributed by atoms with E-state index in [0.717, 1.165) is 123 Å². The Morgan fingerprint density at radius 2 is 0.526 bits per heavy atom. The molecule has 0 amide bonds. The van der Waals surface area contributed by atoms with Crippen molar-refractivity contribution in [2.24, 2.45) is 0 Å². The van der Waals surface area contributed by atoms with E-state index >= 15 is 0 Å². The minimum absolute atomic E-state index is 0.630. The van der Waals surface area contributed by atoms with E-state index in [2.05, 4.69) is 221 Å². The van der Waals surface area contributed by atoms with Crippen molar-refractivity contribution in [1.82, 2.24) is 19.9 Å². The van der Waals surface area contributed by atoms with E-state index in [-0.39, 0.29) is 0 Å². The molecular formula is C72H46N4O2. The molecule has 4 heterocycles. The Balaban J connectivity index is 0.661. The predicted molar refractivity (Wildman–Crippen MR) is 317 cm³/mol. The van der Waals surface area contributed by atoms with Crippen molar-refractivity contribution < 1.29 is 8.83 Å². The first kappa shape index (κ1) is 46.0.